The summed E-state index contributed by atoms with van der Waals surface area (Å²) in [7, 11) is 0. The first-order valence-corrected chi connectivity index (χ1v) is 8.13. The fourth-order valence-corrected chi connectivity index (χ4v) is 3.31. The number of rotatable bonds is 4. The van der Waals surface area contributed by atoms with Crippen LogP contribution in [0.15, 0.2) is 42.5 Å². The Morgan fingerprint density at radius 3 is 2.30 bits per heavy atom. The molecule has 2 atom stereocenters. The van der Waals surface area contributed by atoms with Gasteiger partial charge in [-0.05, 0) is 41.0 Å². The van der Waals surface area contributed by atoms with Gasteiger partial charge in [-0.15, -0.1) is 0 Å². The Hall–Kier alpha value is -2.87. The third-order valence-electron chi connectivity index (χ3n) is 4.69. The normalized spacial score (nSPS) is 19.9. The molecule has 142 valence electrons. The molecule has 3 rings (SSSR count). The van der Waals surface area contributed by atoms with Crippen molar-refractivity contribution >= 4 is 12.4 Å². The molecule has 0 aliphatic carbocycles. The number of nitrogens with zero attached hydrogens (tertiary/aromatic N) is 1. The van der Waals surface area contributed by atoms with Gasteiger partial charge in [0.05, 0.1) is 17.2 Å². The average Bonchev–Trinajstić information content (AvgIpc) is 3.01. The minimum Gasteiger partial charge on any atom is -0.478 e. The fourth-order valence-electron chi connectivity index (χ4n) is 3.31. The zero-order valence-corrected chi connectivity index (χ0v) is 14.0. The number of carboxylic acids is 1. The van der Waals surface area contributed by atoms with Crippen LogP contribution >= 0.6 is 0 Å². The van der Waals surface area contributed by atoms with E-state index in [1.807, 2.05) is 0 Å². The van der Waals surface area contributed by atoms with Crippen molar-refractivity contribution in [2.45, 2.75) is 18.2 Å². The van der Waals surface area contributed by atoms with Crippen LogP contribution in [0.1, 0.15) is 27.4 Å². The van der Waals surface area contributed by atoms with Gasteiger partial charge in [-0.1, -0.05) is 18.2 Å². The first kappa shape index (κ1) is 18.9. The van der Waals surface area contributed by atoms with Gasteiger partial charge in [0, 0.05) is 19.0 Å². The van der Waals surface area contributed by atoms with Crippen LogP contribution in [0.25, 0.3) is 11.1 Å². The monoisotopic (exact) mass is 379 g/mol. The van der Waals surface area contributed by atoms with E-state index in [1.54, 1.807) is 0 Å². The van der Waals surface area contributed by atoms with Gasteiger partial charge in [-0.3, -0.25) is 4.79 Å². The number of likely N-dealkylation sites (tertiary alicyclic amines) is 1. The van der Waals surface area contributed by atoms with Gasteiger partial charge in [-0.2, -0.15) is 13.2 Å². The molecule has 0 aromatic heterocycles. The molecule has 0 radical (unpaired) electrons. The molecule has 27 heavy (non-hydrogen) atoms. The molecule has 1 saturated heterocycles. The van der Waals surface area contributed by atoms with Crippen LogP contribution in [-0.4, -0.2) is 46.7 Å². The van der Waals surface area contributed by atoms with E-state index in [4.69, 9.17) is 5.11 Å². The lowest BCUT2D eigenvalue weighted by Gasteiger charge is -2.20. The predicted molar refractivity (Wildman–Crippen MR) is 90.2 cm³/mol. The van der Waals surface area contributed by atoms with Gasteiger partial charge < -0.3 is 15.1 Å². The summed E-state index contributed by atoms with van der Waals surface area (Å²) in [6.45, 7) is 0.294. The molecule has 0 spiro atoms. The van der Waals surface area contributed by atoms with Gasteiger partial charge in [0.25, 0.3) is 0 Å². The highest BCUT2D eigenvalue weighted by Gasteiger charge is 2.36. The molecule has 5 nitrogen and oxygen atoms in total. The van der Waals surface area contributed by atoms with Crippen molar-refractivity contribution in [2.75, 3.05) is 13.1 Å². The molecule has 2 unspecified atom stereocenters. The Balaban J connectivity index is 2.10. The number of halogens is 3. The summed E-state index contributed by atoms with van der Waals surface area (Å²) < 4.78 is 39.5. The quantitative estimate of drug-likeness (QED) is 0.801. The first-order valence-electron chi connectivity index (χ1n) is 8.13. The maximum Gasteiger partial charge on any atom is 0.416 e. The molecule has 1 aliphatic heterocycles. The summed E-state index contributed by atoms with van der Waals surface area (Å²) in [6.07, 6.45) is -4.85. The Morgan fingerprint density at radius 2 is 1.78 bits per heavy atom. The second kappa shape index (κ2) is 7.03. The van der Waals surface area contributed by atoms with Crippen molar-refractivity contribution in [1.29, 1.82) is 0 Å². The molecule has 8 heteroatoms. The fraction of sp³-hybridized carbons (Fsp3) is 0.263. The minimum atomic E-state index is -4.54. The SMILES string of the molecule is O=CN1CC(O)C(c2ccc(C(F)(F)F)cc2-c2ccc(C(=O)O)cc2)C1. The third kappa shape index (κ3) is 3.80. The van der Waals surface area contributed by atoms with Gasteiger partial charge in [0.15, 0.2) is 0 Å². The summed E-state index contributed by atoms with van der Waals surface area (Å²) >= 11 is 0. The number of aliphatic hydroxyl groups is 1. The molecule has 1 heterocycles. The van der Waals surface area contributed by atoms with Gasteiger partial charge >= 0.3 is 12.1 Å². The van der Waals surface area contributed by atoms with E-state index in [0.29, 0.717) is 17.5 Å². The number of hydrogen-bond acceptors (Lipinski definition) is 3. The summed E-state index contributed by atoms with van der Waals surface area (Å²) in [5.74, 6) is -1.68. The summed E-state index contributed by atoms with van der Waals surface area (Å²) in [5.41, 5.74) is 0.294. The van der Waals surface area contributed by atoms with E-state index in [0.717, 1.165) is 12.1 Å². The minimum absolute atomic E-state index is 0.0142. The van der Waals surface area contributed by atoms with Crippen LogP contribution < -0.4 is 0 Å². The molecule has 2 aromatic carbocycles. The highest BCUT2D eigenvalue weighted by molar-refractivity contribution is 5.88. The number of β-amino-alcohol motifs (C(OH)–C–C–N with tert-alkyl or cyclic N) is 1. The van der Waals surface area contributed by atoms with E-state index in [9.17, 15) is 27.9 Å². The van der Waals surface area contributed by atoms with Crippen molar-refractivity contribution in [3.8, 4) is 11.1 Å². The number of amides is 1. The van der Waals surface area contributed by atoms with E-state index >= 15 is 0 Å². The summed E-state index contributed by atoms with van der Waals surface area (Å²) in [4.78, 5) is 23.3. The van der Waals surface area contributed by atoms with Crippen molar-refractivity contribution < 1.29 is 33.0 Å². The zero-order chi connectivity index (χ0) is 19.8. The highest BCUT2D eigenvalue weighted by Crippen LogP contribution is 2.39. The summed E-state index contributed by atoms with van der Waals surface area (Å²) in [5, 5.41) is 19.3. The Morgan fingerprint density at radius 1 is 1.11 bits per heavy atom. The van der Waals surface area contributed by atoms with Crippen LogP contribution in [-0.2, 0) is 11.0 Å². The number of alkyl halides is 3. The second-order valence-corrected chi connectivity index (χ2v) is 6.42. The van der Waals surface area contributed by atoms with Gasteiger partial charge in [-0.25, -0.2) is 4.79 Å². The Kier molecular flexibility index (Phi) is 4.93. The maximum atomic E-state index is 13.2. The third-order valence-corrected chi connectivity index (χ3v) is 4.69. The number of aliphatic hydroxyl groups excluding tert-OH is 1. The van der Waals surface area contributed by atoms with Gasteiger partial charge in [0.1, 0.15) is 0 Å². The Bertz CT molecular complexity index is 864. The van der Waals surface area contributed by atoms with Gasteiger partial charge in [0.2, 0.25) is 6.41 Å². The standard InChI is InChI=1S/C19H16F3NO4/c20-19(21,22)13-5-6-14(16-8-23(10-24)9-17(16)25)15(7-13)11-1-3-12(4-2-11)18(26)27/h1-7,10,16-17,25H,8-9H2,(H,26,27). The number of aromatic carboxylic acids is 1. The Labute approximate surface area is 152 Å². The number of benzene rings is 2. The largest absolute Gasteiger partial charge is 0.478 e. The molecule has 2 N–H and O–H groups in total. The smallest absolute Gasteiger partial charge is 0.416 e. The first-order chi connectivity index (χ1) is 12.7. The molecule has 0 bridgehead atoms. The van der Waals surface area contributed by atoms with Crippen molar-refractivity contribution in [3.63, 3.8) is 0 Å². The van der Waals surface area contributed by atoms with Crippen molar-refractivity contribution in [1.82, 2.24) is 4.90 Å². The molecular weight excluding hydrogens is 363 g/mol. The summed E-state index contributed by atoms with van der Waals surface area (Å²) in [6, 6.07) is 8.73. The van der Waals surface area contributed by atoms with Crippen molar-refractivity contribution in [3.05, 3.63) is 59.2 Å². The molecular formula is C19H16F3NO4. The van der Waals surface area contributed by atoms with Crippen LogP contribution in [0.4, 0.5) is 13.2 Å². The number of carbonyl (C=O) groups excluding carboxylic acids is 1. The topological polar surface area (TPSA) is 77.8 Å². The van der Waals surface area contributed by atoms with Crippen molar-refractivity contribution in [2.24, 2.45) is 0 Å². The molecule has 1 aliphatic rings. The number of carboxylic acid groups (broad SMARTS) is 1. The molecule has 2 aromatic rings. The van der Waals surface area contributed by atoms with E-state index in [1.165, 1.54) is 35.2 Å². The molecule has 1 amide bonds. The van der Waals surface area contributed by atoms with Crippen LogP contribution in [0.5, 0.6) is 0 Å². The maximum absolute atomic E-state index is 13.2. The van der Waals surface area contributed by atoms with E-state index in [-0.39, 0.29) is 24.2 Å². The lowest BCUT2D eigenvalue weighted by atomic mass is 9.87. The van der Waals surface area contributed by atoms with Crippen LogP contribution in [0.3, 0.4) is 0 Å². The van der Waals surface area contributed by atoms with Crippen LogP contribution in [0.2, 0.25) is 0 Å². The van der Waals surface area contributed by atoms with E-state index < -0.39 is 29.7 Å². The molecule has 0 saturated carbocycles. The zero-order valence-electron chi connectivity index (χ0n) is 14.0. The van der Waals surface area contributed by atoms with Crippen LogP contribution in [0, 0.1) is 0 Å². The van der Waals surface area contributed by atoms with E-state index in [2.05, 4.69) is 0 Å². The average molecular weight is 379 g/mol. The lowest BCUT2D eigenvalue weighted by Crippen LogP contribution is -2.19. The molecule has 1 fully saturated rings. The number of hydrogen-bond donors (Lipinski definition) is 2. The highest BCUT2D eigenvalue weighted by atomic mass is 19.4. The second-order valence-electron chi connectivity index (χ2n) is 6.42. The lowest BCUT2D eigenvalue weighted by molar-refractivity contribution is -0.137. The number of carbonyl (C=O) groups is 2. The predicted octanol–water partition coefficient (Wildman–Crippen LogP) is 2.99.